The van der Waals surface area contributed by atoms with Crippen molar-refractivity contribution in [2.75, 3.05) is 19.0 Å². The maximum atomic E-state index is 12.9. The number of aliphatic imine (C=N–C) groups is 2. The first-order chi connectivity index (χ1) is 17.3. The van der Waals surface area contributed by atoms with Crippen LogP contribution in [-0.4, -0.2) is 54.3 Å². The molecule has 0 saturated heterocycles. The highest BCUT2D eigenvalue weighted by Crippen LogP contribution is 2.35. The molecule has 11 heteroatoms. The standard InChI is InChI=1S/C25H30N6O5/c1-36-22-17-6-2-3-7-18(17)30-21(22)23(33)31-19(24(34)35)14-15-9-11-16(12-10-15)29-20(32)8-4-5-13-28-25(26)27/h2-3,6-7,9-12,19,22H,4-5,8,13-14H2,1H3,(H,29,32)(H,31,33)(H,34,35)(H4,26,27,28). The monoisotopic (exact) mass is 494 g/mol. The number of hydrogen-bond donors (Lipinski definition) is 5. The average molecular weight is 495 g/mol. The van der Waals surface area contributed by atoms with Gasteiger partial charge in [0.05, 0.1) is 5.69 Å². The number of ether oxygens (including phenoxy) is 1. The summed E-state index contributed by atoms with van der Waals surface area (Å²) in [5.41, 5.74) is 13.3. The van der Waals surface area contributed by atoms with Crippen LogP contribution >= 0.6 is 0 Å². The third kappa shape index (κ3) is 7.12. The molecule has 0 aliphatic carbocycles. The van der Waals surface area contributed by atoms with Crippen molar-refractivity contribution in [3.05, 3.63) is 59.7 Å². The van der Waals surface area contributed by atoms with E-state index in [-0.39, 0.29) is 24.0 Å². The zero-order valence-electron chi connectivity index (χ0n) is 19.9. The first kappa shape index (κ1) is 26.4. The van der Waals surface area contributed by atoms with Gasteiger partial charge in [0.2, 0.25) is 5.91 Å². The Bertz CT molecular complexity index is 1160. The summed E-state index contributed by atoms with van der Waals surface area (Å²) in [6.07, 6.45) is 1.05. The molecule has 7 N–H and O–H groups in total. The summed E-state index contributed by atoms with van der Waals surface area (Å²) < 4.78 is 5.43. The van der Waals surface area contributed by atoms with Gasteiger partial charge in [-0.3, -0.25) is 14.6 Å². The Morgan fingerprint density at radius 1 is 1.11 bits per heavy atom. The van der Waals surface area contributed by atoms with Gasteiger partial charge in [-0.2, -0.15) is 0 Å². The molecular weight excluding hydrogens is 464 g/mol. The molecule has 0 bridgehead atoms. The number of benzene rings is 2. The second-order valence-electron chi connectivity index (χ2n) is 8.25. The van der Waals surface area contributed by atoms with Crippen LogP contribution in [0.5, 0.6) is 0 Å². The molecule has 2 aromatic carbocycles. The Balaban J connectivity index is 1.54. The average Bonchev–Trinajstić information content (AvgIpc) is 3.23. The number of rotatable bonds is 12. The fourth-order valence-corrected chi connectivity index (χ4v) is 3.78. The van der Waals surface area contributed by atoms with Crippen LogP contribution < -0.4 is 22.1 Å². The number of anilines is 1. The number of nitrogens with two attached hydrogens (primary N) is 2. The number of para-hydroxylation sites is 1. The number of fused-ring (bicyclic) bond motifs is 1. The van der Waals surface area contributed by atoms with Crippen LogP contribution in [-0.2, 0) is 25.5 Å². The second kappa shape index (κ2) is 12.5. The molecule has 0 radical (unpaired) electrons. The number of nitrogens with one attached hydrogen (secondary N) is 2. The third-order valence-corrected chi connectivity index (χ3v) is 5.56. The zero-order valence-corrected chi connectivity index (χ0v) is 19.9. The molecule has 2 aromatic rings. The van der Waals surface area contributed by atoms with E-state index in [9.17, 15) is 19.5 Å². The smallest absolute Gasteiger partial charge is 0.326 e. The highest BCUT2D eigenvalue weighted by atomic mass is 16.5. The van der Waals surface area contributed by atoms with Crippen LogP contribution in [0.25, 0.3) is 0 Å². The molecule has 190 valence electrons. The van der Waals surface area contributed by atoms with Gasteiger partial charge in [-0.15, -0.1) is 0 Å². The van der Waals surface area contributed by atoms with Crippen LogP contribution in [0.1, 0.15) is 36.5 Å². The minimum Gasteiger partial charge on any atom is -0.480 e. The second-order valence-corrected chi connectivity index (χ2v) is 8.25. The number of hydrogen-bond acceptors (Lipinski definition) is 6. The molecule has 1 heterocycles. The van der Waals surface area contributed by atoms with Crippen molar-refractivity contribution in [3.63, 3.8) is 0 Å². The number of guanidine groups is 1. The van der Waals surface area contributed by atoms with Gasteiger partial charge in [0.1, 0.15) is 17.9 Å². The molecule has 36 heavy (non-hydrogen) atoms. The van der Waals surface area contributed by atoms with Gasteiger partial charge in [0.15, 0.2) is 5.96 Å². The van der Waals surface area contributed by atoms with Gasteiger partial charge in [-0.05, 0) is 36.6 Å². The molecule has 0 aromatic heterocycles. The lowest BCUT2D eigenvalue weighted by molar-refractivity contribution is -0.141. The maximum absolute atomic E-state index is 12.9. The van der Waals surface area contributed by atoms with Crippen LogP contribution in [0.2, 0.25) is 0 Å². The van der Waals surface area contributed by atoms with E-state index in [1.165, 1.54) is 7.11 Å². The van der Waals surface area contributed by atoms with Crippen molar-refractivity contribution in [1.82, 2.24) is 5.32 Å². The number of carboxylic acids is 1. The minimum atomic E-state index is -1.17. The van der Waals surface area contributed by atoms with E-state index >= 15 is 0 Å². The number of amides is 2. The van der Waals surface area contributed by atoms with Gasteiger partial charge >= 0.3 is 5.97 Å². The van der Waals surface area contributed by atoms with Crippen LogP contribution in [0.4, 0.5) is 11.4 Å². The minimum absolute atomic E-state index is 0.0290. The van der Waals surface area contributed by atoms with Crippen LogP contribution in [0.15, 0.2) is 58.5 Å². The number of nitrogens with zero attached hydrogens (tertiary/aromatic N) is 2. The molecule has 11 nitrogen and oxygen atoms in total. The van der Waals surface area contributed by atoms with Crippen molar-refractivity contribution in [3.8, 4) is 0 Å². The van der Waals surface area contributed by atoms with E-state index < -0.39 is 24.0 Å². The van der Waals surface area contributed by atoms with E-state index in [1.807, 2.05) is 12.1 Å². The highest BCUT2D eigenvalue weighted by molar-refractivity contribution is 6.42. The summed E-state index contributed by atoms with van der Waals surface area (Å²) in [4.78, 5) is 45.0. The normalized spacial score (nSPS) is 14.8. The van der Waals surface area contributed by atoms with Gasteiger partial charge in [-0.25, -0.2) is 9.79 Å². The van der Waals surface area contributed by atoms with Crippen LogP contribution in [0.3, 0.4) is 0 Å². The van der Waals surface area contributed by atoms with E-state index in [0.717, 1.165) is 5.56 Å². The van der Waals surface area contributed by atoms with Crippen molar-refractivity contribution >= 4 is 40.8 Å². The Labute approximate surface area is 208 Å². The largest absolute Gasteiger partial charge is 0.480 e. The summed E-state index contributed by atoms with van der Waals surface area (Å²) in [6, 6.07) is 12.8. The summed E-state index contributed by atoms with van der Waals surface area (Å²) in [6.45, 7) is 0.470. The fraction of sp³-hybridized carbons (Fsp3) is 0.320. The molecule has 2 amide bonds. The first-order valence-corrected chi connectivity index (χ1v) is 11.5. The molecular formula is C25H30N6O5. The van der Waals surface area contributed by atoms with Crippen molar-refractivity contribution < 1.29 is 24.2 Å². The predicted molar refractivity (Wildman–Crippen MR) is 136 cm³/mol. The lowest BCUT2D eigenvalue weighted by atomic mass is 10.0. The number of unbranched alkanes of at least 4 members (excludes halogenated alkanes) is 1. The van der Waals surface area contributed by atoms with E-state index in [2.05, 4.69) is 20.6 Å². The number of methoxy groups -OCH3 is 1. The molecule has 3 rings (SSSR count). The van der Waals surface area contributed by atoms with Gasteiger partial charge in [-0.1, -0.05) is 30.3 Å². The molecule has 0 spiro atoms. The van der Waals surface area contributed by atoms with Crippen molar-refractivity contribution in [1.29, 1.82) is 0 Å². The summed E-state index contributed by atoms with van der Waals surface area (Å²) >= 11 is 0. The van der Waals surface area contributed by atoms with E-state index in [1.54, 1.807) is 36.4 Å². The van der Waals surface area contributed by atoms with E-state index in [0.29, 0.717) is 42.7 Å². The molecule has 2 unspecified atom stereocenters. The summed E-state index contributed by atoms with van der Waals surface area (Å²) in [5.74, 6) is -1.89. The molecule has 0 fully saturated rings. The topological polar surface area (TPSA) is 181 Å². The van der Waals surface area contributed by atoms with Crippen LogP contribution in [0, 0.1) is 0 Å². The Morgan fingerprint density at radius 2 is 1.83 bits per heavy atom. The first-order valence-electron chi connectivity index (χ1n) is 11.5. The fourth-order valence-electron chi connectivity index (χ4n) is 3.78. The number of aliphatic carboxylic acids is 1. The summed E-state index contributed by atoms with van der Waals surface area (Å²) in [7, 11) is 1.47. The molecule has 1 aliphatic heterocycles. The number of carbonyl (C=O) groups excluding carboxylic acids is 2. The molecule has 2 atom stereocenters. The highest BCUT2D eigenvalue weighted by Gasteiger charge is 2.33. The third-order valence-electron chi connectivity index (χ3n) is 5.56. The quantitative estimate of drug-likeness (QED) is 0.169. The van der Waals surface area contributed by atoms with Crippen molar-refractivity contribution in [2.24, 2.45) is 21.5 Å². The number of carboxylic acid groups (broad SMARTS) is 1. The van der Waals surface area contributed by atoms with Gasteiger partial charge in [0.25, 0.3) is 5.91 Å². The lowest BCUT2D eigenvalue weighted by Gasteiger charge is -2.17. The Kier molecular flexibility index (Phi) is 9.12. The van der Waals surface area contributed by atoms with E-state index in [4.69, 9.17) is 16.2 Å². The number of carbonyl (C=O) groups is 3. The zero-order chi connectivity index (χ0) is 26.1. The van der Waals surface area contributed by atoms with Crippen molar-refractivity contribution in [2.45, 2.75) is 37.8 Å². The SMILES string of the molecule is COC1C(C(=O)NC(Cc2ccc(NC(=O)CCCCN=C(N)N)cc2)C(=O)O)=Nc2ccccc21. The Morgan fingerprint density at radius 3 is 2.50 bits per heavy atom. The Hall–Kier alpha value is -4.25. The molecule has 1 aliphatic rings. The maximum Gasteiger partial charge on any atom is 0.326 e. The predicted octanol–water partition coefficient (Wildman–Crippen LogP) is 1.65. The van der Waals surface area contributed by atoms with Gasteiger partial charge < -0.3 is 31.9 Å². The summed E-state index contributed by atoms with van der Waals surface area (Å²) in [5, 5.41) is 15.0. The lowest BCUT2D eigenvalue weighted by Crippen LogP contribution is -2.46. The molecule has 0 saturated carbocycles. The van der Waals surface area contributed by atoms with Gasteiger partial charge in [0, 0.05) is 37.7 Å².